The van der Waals surface area contributed by atoms with Crippen molar-refractivity contribution < 1.29 is 13.9 Å². The minimum Gasteiger partial charge on any atom is -0.388 e. The van der Waals surface area contributed by atoms with Crippen molar-refractivity contribution in [1.29, 1.82) is 0 Å². The molecular weight excluding hydrogens is 210 g/mol. The summed E-state index contributed by atoms with van der Waals surface area (Å²) in [4.78, 5) is 0. The molecule has 1 unspecified atom stereocenters. The van der Waals surface area contributed by atoms with Crippen molar-refractivity contribution >= 4 is 0 Å². The minimum absolute atomic E-state index is 0.0590. The molecule has 1 aromatic rings. The molecule has 0 fully saturated rings. The molecule has 0 spiro atoms. The summed E-state index contributed by atoms with van der Waals surface area (Å²) >= 11 is 0. The van der Waals surface area contributed by atoms with Crippen molar-refractivity contribution in [2.75, 3.05) is 0 Å². The van der Waals surface area contributed by atoms with Gasteiger partial charge in [-0.1, -0.05) is 38.8 Å². The van der Waals surface area contributed by atoms with E-state index in [-0.39, 0.29) is 5.56 Å². The molecule has 90 valence electrons. The maximum Gasteiger partial charge on any atom is 0.164 e. The number of rotatable bonds is 5. The lowest BCUT2D eigenvalue weighted by atomic mass is 10.00. The summed E-state index contributed by atoms with van der Waals surface area (Å²) in [7, 11) is 0. The summed E-state index contributed by atoms with van der Waals surface area (Å²) in [5, 5.41) is 9.73. The van der Waals surface area contributed by atoms with Gasteiger partial charge in [0.15, 0.2) is 11.6 Å². The van der Waals surface area contributed by atoms with Crippen LogP contribution in [0.1, 0.15) is 44.8 Å². The Morgan fingerprint density at radius 1 is 1.19 bits per heavy atom. The van der Waals surface area contributed by atoms with Crippen LogP contribution in [-0.4, -0.2) is 5.11 Å². The zero-order valence-electron chi connectivity index (χ0n) is 9.71. The highest BCUT2D eigenvalue weighted by atomic mass is 19.2. The maximum atomic E-state index is 13.3. The van der Waals surface area contributed by atoms with E-state index in [0.29, 0.717) is 12.3 Å². The van der Waals surface area contributed by atoms with Crippen LogP contribution in [0.25, 0.3) is 0 Å². The topological polar surface area (TPSA) is 20.2 Å². The van der Waals surface area contributed by atoms with E-state index in [9.17, 15) is 13.9 Å². The molecule has 0 heterocycles. The average molecular weight is 228 g/mol. The summed E-state index contributed by atoms with van der Waals surface area (Å²) in [5.41, 5.74) is 0.0590. The number of aliphatic hydroxyl groups excluding tert-OH is 1. The molecule has 16 heavy (non-hydrogen) atoms. The molecule has 1 atom stereocenters. The number of halogens is 2. The molecule has 1 nitrogen and oxygen atoms in total. The van der Waals surface area contributed by atoms with Crippen LogP contribution in [0.2, 0.25) is 0 Å². The zero-order valence-corrected chi connectivity index (χ0v) is 9.71. The second-order valence-electron chi connectivity index (χ2n) is 4.48. The van der Waals surface area contributed by atoms with Crippen molar-refractivity contribution in [2.45, 2.75) is 39.2 Å². The van der Waals surface area contributed by atoms with Crippen LogP contribution >= 0.6 is 0 Å². The standard InChI is InChI=1S/C13H18F2O/c1-9(2)5-3-8-12(16)10-6-4-7-11(14)13(10)15/h4,6-7,9,12,16H,3,5,8H2,1-2H3. The van der Waals surface area contributed by atoms with Crippen molar-refractivity contribution in [2.24, 2.45) is 5.92 Å². The third-order valence-electron chi connectivity index (χ3n) is 2.60. The van der Waals surface area contributed by atoms with Crippen LogP contribution < -0.4 is 0 Å². The first-order valence-corrected chi connectivity index (χ1v) is 5.64. The molecule has 1 rings (SSSR count). The second kappa shape index (κ2) is 5.94. The van der Waals surface area contributed by atoms with Crippen molar-refractivity contribution in [3.63, 3.8) is 0 Å². The number of benzene rings is 1. The molecule has 3 heteroatoms. The predicted molar refractivity (Wildman–Crippen MR) is 60.0 cm³/mol. The quantitative estimate of drug-likeness (QED) is 0.812. The fourth-order valence-electron chi connectivity index (χ4n) is 1.65. The predicted octanol–water partition coefficient (Wildman–Crippen LogP) is 3.82. The Labute approximate surface area is 95.1 Å². The normalized spacial score (nSPS) is 13.1. The molecule has 0 saturated heterocycles. The highest BCUT2D eigenvalue weighted by Crippen LogP contribution is 2.24. The van der Waals surface area contributed by atoms with Gasteiger partial charge in [-0.05, 0) is 18.4 Å². The maximum absolute atomic E-state index is 13.3. The van der Waals surface area contributed by atoms with E-state index in [1.54, 1.807) is 0 Å². The van der Waals surface area contributed by atoms with Gasteiger partial charge in [-0.15, -0.1) is 0 Å². The Morgan fingerprint density at radius 3 is 2.50 bits per heavy atom. The SMILES string of the molecule is CC(C)CCCC(O)c1cccc(F)c1F. The Morgan fingerprint density at radius 2 is 1.88 bits per heavy atom. The van der Waals surface area contributed by atoms with Gasteiger partial charge < -0.3 is 5.11 Å². The van der Waals surface area contributed by atoms with Crippen LogP contribution in [0.5, 0.6) is 0 Å². The number of hydrogen-bond acceptors (Lipinski definition) is 1. The molecule has 0 aromatic heterocycles. The van der Waals surface area contributed by atoms with Crippen LogP contribution in [-0.2, 0) is 0 Å². The second-order valence-corrected chi connectivity index (χ2v) is 4.48. The Kier molecular flexibility index (Phi) is 4.87. The monoisotopic (exact) mass is 228 g/mol. The molecule has 0 aliphatic carbocycles. The van der Waals surface area contributed by atoms with Gasteiger partial charge in [0.1, 0.15) is 0 Å². The molecule has 0 aliphatic heterocycles. The summed E-state index contributed by atoms with van der Waals surface area (Å²) < 4.78 is 26.2. The molecule has 0 aliphatic rings. The van der Waals surface area contributed by atoms with Crippen LogP contribution in [0.3, 0.4) is 0 Å². The molecule has 1 aromatic carbocycles. The van der Waals surface area contributed by atoms with Gasteiger partial charge in [-0.25, -0.2) is 8.78 Å². The first-order valence-electron chi connectivity index (χ1n) is 5.64. The number of aliphatic hydroxyl groups is 1. The summed E-state index contributed by atoms with van der Waals surface area (Å²) in [6.45, 7) is 4.18. The largest absolute Gasteiger partial charge is 0.388 e. The molecule has 0 radical (unpaired) electrons. The molecule has 0 bridgehead atoms. The first kappa shape index (κ1) is 13.1. The van der Waals surface area contributed by atoms with Crippen LogP contribution in [0.15, 0.2) is 18.2 Å². The molecule has 0 saturated carbocycles. The van der Waals surface area contributed by atoms with Gasteiger partial charge in [0.25, 0.3) is 0 Å². The van der Waals surface area contributed by atoms with E-state index >= 15 is 0 Å². The van der Waals surface area contributed by atoms with E-state index in [4.69, 9.17) is 0 Å². The molecular formula is C13H18F2O. The Hall–Kier alpha value is -0.960. The van der Waals surface area contributed by atoms with E-state index in [1.165, 1.54) is 12.1 Å². The Balaban J connectivity index is 2.59. The third kappa shape index (κ3) is 3.56. The summed E-state index contributed by atoms with van der Waals surface area (Å²) in [5.74, 6) is -1.27. The first-order chi connectivity index (χ1) is 7.52. The zero-order chi connectivity index (χ0) is 12.1. The summed E-state index contributed by atoms with van der Waals surface area (Å²) in [6, 6.07) is 3.90. The van der Waals surface area contributed by atoms with Crippen LogP contribution in [0.4, 0.5) is 8.78 Å². The molecule has 1 N–H and O–H groups in total. The van der Waals surface area contributed by atoms with Crippen molar-refractivity contribution in [1.82, 2.24) is 0 Å². The molecule has 0 amide bonds. The lowest BCUT2D eigenvalue weighted by molar-refractivity contribution is 0.156. The number of hydrogen-bond donors (Lipinski definition) is 1. The van der Waals surface area contributed by atoms with Crippen LogP contribution in [0, 0.1) is 17.6 Å². The van der Waals surface area contributed by atoms with E-state index < -0.39 is 17.7 Å². The van der Waals surface area contributed by atoms with Crippen molar-refractivity contribution in [3.05, 3.63) is 35.4 Å². The minimum atomic E-state index is -0.931. The highest BCUT2D eigenvalue weighted by Gasteiger charge is 2.15. The van der Waals surface area contributed by atoms with Crippen molar-refractivity contribution in [3.8, 4) is 0 Å². The Bertz CT molecular complexity index is 337. The van der Waals surface area contributed by atoms with Gasteiger partial charge in [-0.2, -0.15) is 0 Å². The van der Waals surface area contributed by atoms with Gasteiger partial charge in [0.05, 0.1) is 6.10 Å². The smallest absolute Gasteiger partial charge is 0.164 e. The van der Waals surface area contributed by atoms with Gasteiger partial charge in [0, 0.05) is 5.56 Å². The lowest BCUT2D eigenvalue weighted by Gasteiger charge is -2.12. The fourth-order valence-corrected chi connectivity index (χ4v) is 1.65. The van der Waals surface area contributed by atoms with Gasteiger partial charge in [-0.3, -0.25) is 0 Å². The van der Waals surface area contributed by atoms with Gasteiger partial charge in [0.2, 0.25) is 0 Å². The van der Waals surface area contributed by atoms with E-state index in [0.717, 1.165) is 18.9 Å². The fraction of sp³-hybridized carbons (Fsp3) is 0.538. The van der Waals surface area contributed by atoms with E-state index in [1.807, 2.05) is 0 Å². The summed E-state index contributed by atoms with van der Waals surface area (Å²) in [6.07, 6.45) is 1.36. The lowest BCUT2D eigenvalue weighted by Crippen LogP contribution is -2.03. The van der Waals surface area contributed by atoms with E-state index in [2.05, 4.69) is 13.8 Å². The highest BCUT2D eigenvalue weighted by molar-refractivity contribution is 5.21. The van der Waals surface area contributed by atoms with Gasteiger partial charge >= 0.3 is 0 Å². The average Bonchev–Trinajstić information content (AvgIpc) is 2.21. The third-order valence-corrected chi connectivity index (χ3v) is 2.60.